The van der Waals surface area contributed by atoms with E-state index in [9.17, 15) is 4.79 Å². The summed E-state index contributed by atoms with van der Waals surface area (Å²) in [6, 6.07) is 3.66. The van der Waals surface area contributed by atoms with Crippen LogP contribution in [0, 0.1) is 5.92 Å². The molecule has 1 aromatic heterocycles. The van der Waals surface area contributed by atoms with Crippen LogP contribution in [0.3, 0.4) is 0 Å². The first-order valence-corrected chi connectivity index (χ1v) is 7.00. The molecule has 0 radical (unpaired) electrons. The number of likely N-dealkylation sites (N-methyl/N-ethyl adjacent to an activating group) is 1. The van der Waals surface area contributed by atoms with Crippen molar-refractivity contribution < 1.29 is 9.21 Å². The van der Waals surface area contributed by atoms with Crippen LogP contribution in [-0.4, -0.2) is 37.0 Å². The molecule has 0 aromatic carbocycles. The summed E-state index contributed by atoms with van der Waals surface area (Å²) in [6.45, 7) is 5.78. The van der Waals surface area contributed by atoms with Crippen LogP contribution in [0.25, 0.3) is 6.08 Å². The first-order chi connectivity index (χ1) is 9.29. The number of carbonyl (C=O) groups is 1. The number of furan rings is 1. The van der Waals surface area contributed by atoms with E-state index in [-0.39, 0.29) is 5.91 Å². The lowest BCUT2D eigenvalue weighted by molar-refractivity contribution is -0.126. The van der Waals surface area contributed by atoms with Crippen molar-refractivity contribution in [3.63, 3.8) is 0 Å². The van der Waals surface area contributed by atoms with Crippen molar-refractivity contribution in [2.45, 2.75) is 19.8 Å². The van der Waals surface area contributed by atoms with Crippen LogP contribution in [-0.2, 0) is 4.79 Å². The van der Waals surface area contributed by atoms with E-state index in [1.54, 1.807) is 18.4 Å². The Morgan fingerprint density at radius 1 is 1.53 bits per heavy atom. The maximum absolute atomic E-state index is 12.1. The molecule has 0 atom stereocenters. The fourth-order valence-electron chi connectivity index (χ4n) is 2.40. The Hall–Kier alpha value is -1.55. The molecule has 0 saturated carbocycles. The minimum Gasteiger partial charge on any atom is -0.465 e. The lowest BCUT2D eigenvalue weighted by Crippen LogP contribution is -2.38. The van der Waals surface area contributed by atoms with Crippen molar-refractivity contribution in [2.24, 2.45) is 5.92 Å². The molecule has 1 aliphatic rings. The van der Waals surface area contributed by atoms with Crippen molar-refractivity contribution in [1.82, 2.24) is 10.2 Å². The van der Waals surface area contributed by atoms with E-state index in [2.05, 4.69) is 5.32 Å². The van der Waals surface area contributed by atoms with Gasteiger partial charge in [-0.3, -0.25) is 4.79 Å². The van der Waals surface area contributed by atoms with E-state index in [1.165, 1.54) is 0 Å². The van der Waals surface area contributed by atoms with Gasteiger partial charge in [-0.05, 0) is 57.0 Å². The SMILES string of the molecule is CCN(CC1CCNCC1)C(=O)C=Cc1ccco1. The lowest BCUT2D eigenvalue weighted by Gasteiger charge is -2.28. The van der Waals surface area contributed by atoms with Gasteiger partial charge >= 0.3 is 0 Å². The van der Waals surface area contributed by atoms with E-state index < -0.39 is 0 Å². The normalized spacial score (nSPS) is 16.9. The number of rotatable bonds is 5. The average molecular weight is 262 g/mol. The zero-order valence-corrected chi connectivity index (χ0v) is 11.5. The third kappa shape index (κ3) is 4.24. The summed E-state index contributed by atoms with van der Waals surface area (Å²) in [6.07, 6.45) is 7.25. The van der Waals surface area contributed by atoms with E-state index in [1.807, 2.05) is 24.0 Å². The molecule has 4 heteroatoms. The van der Waals surface area contributed by atoms with Gasteiger partial charge in [-0.2, -0.15) is 0 Å². The highest BCUT2D eigenvalue weighted by Crippen LogP contribution is 2.14. The van der Waals surface area contributed by atoms with E-state index in [0.717, 1.165) is 39.0 Å². The van der Waals surface area contributed by atoms with Gasteiger partial charge in [-0.1, -0.05) is 0 Å². The standard InChI is InChI=1S/C15H22N2O2/c1-2-17(12-13-7-9-16-10-8-13)15(18)6-5-14-4-3-11-19-14/h3-6,11,13,16H,2,7-10,12H2,1H3. The second kappa shape index (κ2) is 7.14. The minimum atomic E-state index is 0.0671. The van der Waals surface area contributed by atoms with Crippen molar-refractivity contribution in [2.75, 3.05) is 26.2 Å². The zero-order chi connectivity index (χ0) is 13.5. The molecule has 1 saturated heterocycles. The Morgan fingerprint density at radius 3 is 2.95 bits per heavy atom. The van der Waals surface area contributed by atoms with Gasteiger partial charge in [-0.15, -0.1) is 0 Å². The highest BCUT2D eigenvalue weighted by molar-refractivity contribution is 5.91. The van der Waals surface area contributed by atoms with Crippen molar-refractivity contribution in [3.8, 4) is 0 Å². The summed E-state index contributed by atoms with van der Waals surface area (Å²) < 4.78 is 5.18. The quantitative estimate of drug-likeness (QED) is 0.827. The molecule has 0 aliphatic carbocycles. The summed E-state index contributed by atoms with van der Waals surface area (Å²) in [5.41, 5.74) is 0. The highest BCUT2D eigenvalue weighted by Gasteiger charge is 2.18. The van der Waals surface area contributed by atoms with E-state index in [0.29, 0.717) is 11.7 Å². The summed E-state index contributed by atoms with van der Waals surface area (Å²) in [7, 11) is 0. The highest BCUT2D eigenvalue weighted by atomic mass is 16.3. The van der Waals surface area contributed by atoms with Crippen LogP contribution in [0.5, 0.6) is 0 Å². The summed E-state index contributed by atoms with van der Waals surface area (Å²) in [5, 5.41) is 3.35. The van der Waals surface area contributed by atoms with Gasteiger partial charge < -0.3 is 14.6 Å². The molecule has 1 N–H and O–H groups in total. The van der Waals surface area contributed by atoms with Crippen LogP contribution in [0.2, 0.25) is 0 Å². The largest absolute Gasteiger partial charge is 0.465 e. The van der Waals surface area contributed by atoms with Gasteiger partial charge in [0.1, 0.15) is 5.76 Å². The molecule has 0 unspecified atom stereocenters. The van der Waals surface area contributed by atoms with Crippen LogP contribution in [0.15, 0.2) is 28.9 Å². The third-order valence-corrected chi connectivity index (χ3v) is 3.56. The molecule has 1 amide bonds. The first-order valence-electron chi connectivity index (χ1n) is 7.00. The van der Waals surface area contributed by atoms with Gasteiger partial charge in [0.2, 0.25) is 5.91 Å². The lowest BCUT2D eigenvalue weighted by atomic mass is 9.97. The number of piperidine rings is 1. The number of carbonyl (C=O) groups excluding carboxylic acids is 1. The van der Waals surface area contributed by atoms with Crippen molar-refractivity contribution in [1.29, 1.82) is 0 Å². The summed E-state index contributed by atoms with van der Waals surface area (Å²) in [5.74, 6) is 1.41. The minimum absolute atomic E-state index is 0.0671. The molecule has 2 rings (SSSR count). The summed E-state index contributed by atoms with van der Waals surface area (Å²) in [4.78, 5) is 14.0. The Balaban J connectivity index is 1.87. The Kier molecular flexibility index (Phi) is 5.21. The monoisotopic (exact) mass is 262 g/mol. The topological polar surface area (TPSA) is 45.5 Å². The molecule has 1 fully saturated rings. The second-order valence-electron chi connectivity index (χ2n) is 4.92. The average Bonchev–Trinajstić information content (AvgIpc) is 2.96. The molecular weight excluding hydrogens is 240 g/mol. The molecule has 2 heterocycles. The number of nitrogens with zero attached hydrogens (tertiary/aromatic N) is 1. The van der Waals surface area contributed by atoms with Crippen LogP contribution >= 0.6 is 0 Å². The summed E-state index contributed by atoms with van der Waals surface area (Å²) >= 11 is 0. The van der Waals surface area contributed by atoms with Gasteiger partial charge in [0.15, 0.2) is 0 Å². The zero-order valence-electron chi connectivity index (χ0n) is 11.5. The molecule has 104 valence electrons. The molecule has 1 aromatic rings. The van der Waals surface area contributed by atoms with Crippen LogP contribution in [0.4, 0.5) is 0 Å². The number of nitrogens with one attached hydrogen (secondary N) is 1. The molecule has 0 bridgehead atoms. The third-order valence-electron chi connectivity index (χ3n) is 3.56. The van der Waals surface area contributed by atoms with Crippen molar-refractivity contribution in [3.05, 3.63) is 30.2 Å². The smallest absolute Gasteiger partial charge is 0.246 e. The van der Waals surface area contributed by atoms with E-state index >= 15 is 0 Å². The van der Waals surface area contributed by atoms with Gasteiger partial charge in [0.05, 0.1) is 6.26 Å². The Labute approximate surface area is 114 Å². The maximum atomic E-state index is 12.1. The predicted octanol–water partition coefficient (Wildman–Crippen LogP) is 2.14. The number of hydrogen-bond acceptors (Lipinski definition) is 3. The predicted molar refractivity (Wildman–Crippen MR) is 75.6 cm³/mol. The molecule has 19 heavy (non-hydrogen) atoms. The fourth-order valence-corrected chi connectivity index (χ4v) is 2.40. The van der Waals surface area contributed by atoms with Crippen molar-refractivity contribution >= 4 is 12.0 Å². The molecule has 1 aliphatic heterocycles. The first kappa shape index (κ1) is 13.9. The number of amides is 1. The van der Waals surface area contributed by atoms with Gasteiger partial charge in [-0.25, -0.2) is 0 Å². The number of hydrogen-bond donors (Lipinski definition) is 1. The maximum Gasteiger partial charge on any atom is 0.246 e. The molecule has 4 nitrogen and oxygen atoms in total. The molecule has 0 spiro atoms. The Bertz CT molecular complexity index is 406. The van der Waals surface area contributed by atoms with Gasteiger partial charge in [0, 0.05) is 19.2 Å². The second-order valence-corrected chi connectivity index (χ2v) is 4.92. The molecular formula is C15H22N2O2. The van der Waals surface area contributed by atoms with E-state index in [4.69, 9.17) is 4.42 Å². The van der Waals surface area contributed by atoms with Gasteiger partial charge in [0.25, 0.3) is 0 Å². The van der Waals surface area contributed by atoms with Crippen LogP contribution in [0.1, 0.15) is 25.5 Å². The van der Waals surface area contributed by atoms with Crippen LogP contribution < -0.4 is 5.32 Å². The Morgan fingerprint density at radius 2 is 2.32 bits per heavy atom. The fraction of sp³-hybridized carbons (Fsp3) is 0.533.